The van der Waals surface area contributed by atoms with Gasteiger partial charge in [-0.2, -0.15) is 11.3 Å². The molecule has 76 valence electrons. The van der Waals surface area contributed by atoms with Gasteiger partial charge in [0.25, 0.3) is 0 Å². The van der Waals surface area contributed by atoms with Gasteiger partial charge in [0.05, 0.1) is 19.8 Å². The number of Topliss-reactive ketones (excluding diaryl/α,β-unsaturated/α-hetero) is 1. The van der Waals surface area contributed by atoms with Crippen molar-refractivity contribution in [3.63, 3.8) is 0 Å². The summed E-state index contributed by atoms with van der Waals surface area (Å²) in [7, 11) is 0. The molecule has 1 saturated heterocycles. The number of ether oxygens (including phenoxy) is 2. The second kappa shape index (κ2) is 4.53. The summed E-state index contributed by atoms with van der Waals surface area (Å²) in [5.41, 5.74) is 0.686. The van der Waals surface area contributed by atoms with E-state index in [0.717, 1.165) is 4.47 Å². The minimum atomic E-state index is -0.436. The Morgan fingerprint density at radius 2 is 2.36 bits per heavy atom. The zero-order valence-corrected chi connectivity index (χ0v) is 9.77. The average molecular weight is 277 g/mol. The topological polar surface area (TPSA) is 35.5 Å². The van der Waals surface area contributed by atoms with Crippen molar-refractivity contribution in [2.75, 3.05) is 19.8 Å². The zero-order chi connectivity index (χ0) is 9.97. The number of rotatable bonds is 2. The van der Waals surface area contributed by atoms with Crippen LogP contribution in [-0.2, 0) is 9.47 Å². The molecule has 1 aromatic heterocycles. The van der Waals surface area contributed by atoms with Crippen LogP contribution in [0.5, 0.6) is 0 Å². The fraction of sp³-hybridized carbons (Fsp3) is 0.444. The molecule has 0 radical (unpaired) electrons. The van der Waals surface area contributed by atoms with Crippen LogP contribution < -0.4 is 0 Å². The Hall–Kier alpha value is -0.230. The fourth-order valence-corrected chi connectivity index (χ4v) is 2.75. The van der Waals surface area contributed by atoms with Crippen molar-refractivity contribution >= 4 is 33.0 Å². The van der Waals surface area contributed by atoms with Gasteiger partial charge in [-0.15, -0.1) is 0 Å². The molecule has 1 unspecified atom stereocenters. The lowest BCUT2D eigenvalue weighted by molar-refractivity contribution is -0.0719. The molecule has 1 aliphatic heterocycles. The van der Waals surface area contributed by atoms with E-state index in [1.54, 1.807) is 0 Å². The molecule has 3 nitrogen and oxygen atoms in total. The Bertz CT molecular complexity index is 331. The molecule has 0 bridgehead atoms. The van der Waals surface area contributed by atoms with Crippen LogP contribution >= 0.6 is 27.3 Å². The highest BCUT2D eigenvalue weighted by molar-refractivity contribution is 9.10. The third-order valence-corrected chi connectivity index (χ3v) is 3.69. The molecular formula is C9H9BrO3S. The van der Waals surface area contributed by atoms with Gasteiger partial charge in [0.2, 0.25) is 0 Å². The summed E-state index contributed by atoms with van der Waals surface area (Å²) in [6.45, 7) is 1.44. The van der Waals surface area contributed by atoms with Gasteiger partial charge in [-0.1, -0.05) is 0 Å². The number of ketones is 1. The quantitative estimate of drug-likeness (QED) is 0.777. The van der Waals surface area contributed by atoms with E-state index in [4.69, 9.17) is 9.47 Å². The molecule has 0 aliphatic carbocycles. The highest BCUT2D eigenvalue weighted by Gasteiger charge is 2.25. The van der Waals surface area contributed by atoms with E-state index in [9.17, 15) is 4.79 Å². The number of hydrogen-bond acceptors (Lipinski definition) is 4. The van der Waals surface area contributed by atoms with Crippen LogP contribution in [0.4, 0.5) is 0 Å². The molecule has 0 saturated carbocycles. The van der Waals surface area contributed by atoms with E-state index < -0.39 is 6.10 Å². The second-order valence-corrected chi connectivity index (χ2v) is 4.53. The first-order chi connectivity index (χ1) is 6.79. The minimum Gasteiger partial charge on any atom is -0.376 e. The molecule has 1 aromatic rings. The number of halogens is 1. The van der Waals surface area contributed by atoms with Crippen LogP contribution in [-0.4, -0.2) is 31.7 Å². The van der Waals surface area contributed by atoms with E-state index in [-0.39, 0.29) is 5.78 Å². The molecule has 2 heterocycles. The lowest BCUT2D eigenvalue weighted by atomic mass is 10.1. The summed E-state index contributed by atoms with van der Waals surface area (Å²) in [6, 6.07) is 0. The summed E-state index contributed by atoms with van der Waals surface area (Å²) in [4.78, 5) is 11.9. The maximum Gasteiger partial charge on any atom is 0.195 e. The summed E-state index contributed by atoms with van der Waals surface area (Å²) in [5.74, 6) is -0.00201. The van der Waals surface area contributed by atoms with Crippen molar-refractivity contribution in [2.45, 2.75) is 6.10 Å². The van der Waals surface area contributed by atoms with Gasteiger partial charge in [-0.3, -0.25) is 4.79 Å². The Balaban J connectivity index is 2.11. The lowest BCUT2D eigenvalue weighted by Crippen LogP contribution is -2.35. The van der Waals surface area contributed by atoms with Crippen LogP contribution in [0, 0.1) is 0 Å². The third-order valence-electron chi connectivity index (χ3n) is 1.99. The van der Waals surface area contributed by atoms with Crippen LogP contribution in [0.2, 0.25) is 0 Å². The molecule has 0 spiro atoms. The zero-order valence-electron chi connectivity index (χ0n) is 7.36. The van der Waals surface area contributed by atoms with E-state index in [1.807, 2.05) is 10.8 Å². The van der Waals surface area contributed by atoms with Gasteiger partial charge in [-0.25, -0.2) is 0 Å². The van der Waals surface area contributed by atoms with Gasteiger partial charge in [-0.05, 0) is 15.9 Å². The fourth-order valence-electron chi connectivity index (χ4n) is 1.27. The van der Waals surface area contributed by atoms with Crippen molar-refractivity contribution in [3.05, 3.63) is 20.8 Å². The minimum absolute atomic E-state index is 0.00201. The van der Waals surface area contributed by atoms with E-state index in [0.29, 0.717) is 25.4 Å². The van der Waals surface area contributed by atoms with Crippen LogP contribution in [0.1, 0.15) is 10.4 Å². The summed E-state index contributed by atoms with van der Waals surface area (Å²) in [6.07, 6.45) is -0.436. The summed E-state index contributed by atoms with van der Waals surface area (Å²) >= 11 is 4.82. The monoisotopic (exact) mass is 276 g/mol. The number of hydrogen-bond donors (Lipinski definition) is 0. The molecule has 0 aromatic carbocycles. The molecule has 1 aliphatic rings. The number of thiophene rings is 1. The Kier molecular flexibility index (Phi) is 3.33. The maximum absolute atomic E-state index is 11.9. The first kappa shape index (κ1) is 10.3. The average Bonchev–Trinajstić information content (AvgIpc) is 2.65. The SMILES string of the molecule is O=C(c1cscc1Br)C1COCCO1. The van der Waals surface area contributed by atoms with Gasteiger partial charge in [0.15, 0.2) is 5.78 Å². The second-order valence-electron chi connectivity index (χ2n) is 2.93. The predicted octanol–water partition coefficient (Wildman–Crippen LogP) is 2.11. The summed E-state index contributed by atoms with van der Waals surface area (Å²) < 4.78 is 11.3. The van der Waals surface area contributed by atoms with Crippen LogP contribution in [0.15, 0.2) is 15.2 Å². The van der Waals surface area contributed by atoms with Crippen LogP contribution in [0.25, 0.3) is 0 Å². The maximum atomic E-state index is 11.9. The molecular weight excluding hydrogens is 268 g/mol. The van der Waals surface area contributed by atoms with Crippen molar-refractivity contribution in [3.8, 4) is 0 Å². The standard InChI is InChI=1S/C9H9BrO3S/c10-7-5-14-4-6(7)9(11)8-3-12-1-2-13-8/h4-5,8H,1-3H2. The molecule has 14 heavy (non-hydrogen) atoms. The molecule has 5 heteroatoms. The molecule has 2 rings (SSSR count). The smallest absolute Gasteiger partial charge is 0.195 e. The Morgan fingerprint density at radius 3 is 2.93 bits per heavy atom. The van der Waals surface area contributed by atoms with E-state index in [1.165, 1.54) is 11.3 Å². The predicted molar refractivity (Wildman–Crippen MR) is 56.9 cm³/mol. The molecule has 0 N–H and O–H groups in total. The first-order valence-corrected chi connectivity index (χ1v) is 5.98. The summed E-state index contributed by atoms with van der Waals surface area (Å²) in [5, 5.41) is 3.71. The molecule has 0 amide bonds. The van der Waals surface area contributed by atoms with Gasteiger partial charge in [0.1, 0.15) is 6.10 Å². The first-order valence-electron chi connectivity index (χ1n) is 4.24. The van der Waals surface area contributed by atoms with Crippen molar-refractivity contribution in [1.29, 1.82) is 0 Å². The number of carbonyl (C=O) groups excluding carboxylic acids is 1. The Labute approximate surface area is 94.1 Å². The van der Waals surface area contributed by atoms with Crippen molar-refractivity contribution in [2.24, 2.45) is 0 Å². The molecule has 1 fully saturated rings. The number of carbonyl (C=O) groups is 1. The van der Waals surface area contributed by atoms with Crippen molar-refractivity contribution in [1.82, 2.24) is 0 Å². The van der Waals surface area contributed by atoms with Gasteiger partial charge >= 0.3 is 0 Å². The molecule has 1 atom stereocenters. The lowest BCUT2D eigenvalue weighted by Gasteiger charge is -2.21. The van der Waals surface area contributed by atoms with Gasteiger partial charge in [0, 0.05) is 20.8 Å². The van der Waals surface area contributed by atoms with Crippen molar-refractivity contribution < 1.29 is 14.3 Å². The highest BCUT2D eigenvalue weighted by atomic mass is 79.9. The highest BCUT2D eigenvalue weighted by Crippen LogP contribution is 2.23. The van der Waals surface area contributed by atoms with Crippen LogP contribution in [0.3, 0.4) is 0 Å². The third kappa shape index (κ3) is 2.06. The van der Waals surface area contributed by atoms with Gasteiger partial charge < -0.3 is 9.47 Å². The van der Waals surface area contributed by atoms with E-state index in [2.05, 4.69) is 15.9 Å². The normalized spacial score (nSPS) is 22.2. The largest absolute Gasteiger partial charge is 0.376 e. The Morgan fingerprint density at radius 1 is 1.50 bits per heavy atom. The van der Waals surface area contributed by atoms with E-state index >= 15 is 0 Å².